The molecule has 120 valence electrons. The Morgan fingerprint density at radius 2 is 2.17 bits per heavy atom. The molecule has 0 saturated heterocycles. The minimum absolute atomic E-state index is 0. The molecule has 0 bridgehead atoms. The number of hydrogen-bond donors (Lipinski definition) is 1. The van der Waals surface area contributed by atoms with Gasteiger partial charge in [-0.2, -0.15) is 0 Å². The zero-order valence-electron chi connectivity index (χ0n) is 12.3. The summed E-state index contributed by atoms with van der Waals surface area (Å²) >= 11 is 0. The van der Waals surface area contributed by atoms with E-state index in [1.165, 1.54) is 10.7 Å². The number of aryl methyl sites for hydroxylation is 1. The van der Waals surface area contributed by atoms with Crippen molar-refractivity contribution in [2.24, 2.45) is 7.05 Å². The molecule has 0 saturated carbocycles. The third kappa shape index (κ3) is 3.11. The van der Waals surface area contributed by atoms with Crippen molar-refractivity contribution in [1.29, 1.82) is 0 Å². The Hall–Kier alpha value is -1.86. The van der Waals surface area contributed by atoms with Crippen LogP contribution in [0, 0.1) is 13.0 Å². The molecule has 1 aliphatic rings. The summed E-state index contributed by atoms with van der Waals surface area (Å²) in [6.07, 6.45) is 3.26. The molecule has 1 aromatic carbocycles. The van der Waals surface area contributed by atoms with Crippen molar-refractivity contribution in [1.82, 2.24) is 20.2 Å². The average Bonchev–Trinajstić information content (AvgIpc) is 2.83. The smallest absolute Gasteiger partial charge is 0.248 e. The molecule has 10 heteroatoms. The van der Waals surface area contributed by atoms with Gasteiger partial charge in [-0.1, -0.05) is 12.0 Å². The Balaban J connectivity index is 0.00000192. The van der Waals surface area contributed by atoms with Gasteiger partial charge in [0.1, 0.15) is 9.84 Å². The second-order valence-corrected chi connectivity index (χ2v) is 6.81. The number of fused-ring (bicyclic) bond motifs is 1. The van der Waals surface area contributed by atoms with Gasteiger partial charge in [0.2, 0.25) is 11.9 Å². The van der Waals surface area contributed by atoms with Crippen molar-refractivity contribution in [2.75, 3.05) is 11.1 Å². The molecule has 0 atom stereocenters. The quantitative estimate of drug-likeness (QED) is 0.596. The van der Waals surface area contributed by atoms with Crippen LogP contribution in [-0.4, -0.2) is 40.3 Å². The maximum atomic E-state index is 12.3. The first-order valence-corrected chi connectivity index (χ1v) is 8.03. The number of sulfone groups is 1. The summed E-state index contributed by atoms with van der Waals surface area (Å²) in [7, 11) is -1.86. The molecule has 0 spiro atoms. The average molecular weight is 502 g/mol. The fourth-order valence-electron chi connectivity index (χ4n) is 2.29. The number of carbonyl (C=O) groups is 1. The molecule has 2 aromatic rings. The number of nitrogens with zero attached hydrogens (tertiary/aromatic N) is 4. The van der Waals surface area contributed by atoms with Crippen molar-refractivity contribution in [3.63, 3.8) is 0 Å². The molecule has 8 nitrogen and oxygen atoms in total. The van der Waals surface area contributed by atoms with E-state index in [-0.39, 0.29) is 43.2 Å². The van der Waals surface area contributed by atoms with Gasteiger partial charge in [-0.15, -0.1) is 35.4 Å². The molecular formula is C13H12N5O3SW-. The van der Waals surface area contributed by atoms with Gasteiger partial charge in [-0.25, -0.2) is 13.1 Å². The zero-order valence-corrected chi connectivity index (χ0v) is 16.0. The van der Waals surface area contributed by atoms with Crippen molar-refractivity contribution in [3.05, 3.63) is 34.9 Å². The van der Waals surface area contributed by atoms with Crippen LogP contribution in [0.1, 0.15) is 21.5 Å². The molecule has 0 radical (unpaired) electrons. The minimum atomic E-state index is -3.44. The number of nitrogens with one attached hydrogen (secondary N) is 1. The first-order chi connectivity index (χ1) is 10.4. The van der Waals surface area contributed by atoms with Crippen LogP contribution >= 0.6 is 0 Å². The molecule has 0 unspecified atom stereocenters. The van der Waals surface area contributed by atoms with E-state index >= 15 is 0 Å². The van der Waals surface area contributed by atoms with E-state index in [1.807, 2.05) is 0 Å². The Morgan fingerprint density at radius 1 is 1.43 bits per heavy atom. The van der Waals surface area contributed by atoms with E-state index in [9.17, 15) is 13.2 Å². The maximum Gasteiger partial charge on any atom is 0.248 e. The molecule has 0 fully saturated rings. The summed E-state index contributed by atoms with van der Waals surface area (Å²) in [6, 6.07) is 4.31. The Labute approximate surface area is 147 Å². The summed E-state index contributed by atoms with van der Waals surface area (Å²) in [6.45, 7) is 1.60. The monoisotopic (exact) mass is 502 g/mol. The van der Waals surface area contributed by atoms with Crippen molar-refractivity contribution >= 4 is 27.8 Å². The van der Waals surface area contributed by atoms with Gasteiger partial charge < -0.3 is 0 Å². The van der Waals surface area contributed by atoms with E-state index in [0.717, 1.165) is 0 Å². The van der Waals surface area contributed by atoms with Crippen LogP contribution in [0.25, 0.3) is 6.08 Å². The van der Waals surface area contributed by atoms with E-state index in [4.69, 9.17) is 0 Å². The minimum Gasteiger partial charge on any atom is -0.297 e. The van der Waals surface area contributed by atoms with Gasteiger partial charge >= 0.3 is 0 Å². The number of anilines is 1. The molecule has 23 heavy (non-hydrogen) atoms. The third-order valence-corrected chi connectivity index (χ3v) is 5.14. The van der Waals surface area contributed by atoms with Crippen LogP contribution in [-0.2, 0) is 38.0 Å². The van der Waals surface area contributed by atoms with Gasteiger partial charge in [0.15, 0.2) is 0 Å². The third-order valence-electron chi connectivity index (χ3n) is 3.36. The molecular weight excluding hydrogens is 490 g/mol. The SMILES string of the molecule is Cc1c(C(=O)Nc2nnnn2C)c[c-]c2c1S(=O)(=O)CC=C2.[W]. The normalized spacial score (nSPS) is 14.7. The number of benzene rings is 1. The maximum absolute atomic E-state index is 12.3. The van der Waals surface area contributed by atoms with Gasteiger partial charge in [-0.05, 0) is 20.9 Å². The van der Waals surface area contributed by atoms with E-state index in [2.05, 4.69) is 26.9 Å². The largest absolute Gasteiger partial charge is 0.297 e. The number of aromatic nitrogens is 4. The van der Waals surface area contributed by atoms with E-state index < -0.39 is 15.7 Å². The van der Waals surface area contributed by atoms with Gasteiger partial charge in [0, 0.05) is 28.1 Å². The summed E-state index contributed by atoms with van der Waals surface area (Å²) in [4.78, 5) is 12.5. The first kappa shape index (κ1) is 17.5. The fourth-order valence-corrected chi connectivity index (χ4v) is 3.84. The van der Waals surface area contributed by atoms with E-state index in [1.54, 1.807) is 26.1 Å². The summed E-state index contributed by atoms with van der Waals surface area (Å²) in [5.74, 6) is -0.392. The molecule has 2 heterocycles. The molecule has 1 N–H and O–H groups in total. The number of hydrogen-bond acceptors (Lipinski definition) is 6. The van der Waals surface area contributed by atoms with Crippen LogP contribution in [0.4, 0.5) is 5.95 Å². The van der Waals surface area contributed by atoms with Crippen molar-refractivity contribution in [2.45, 2.75) is 11.8 Å². The first-order valence-electron chi connectivity index (χ1n) is 6.38. The van der Waals surface area contributed by atoms with Crippen LogP contribution in [0.3, 0.4) is 0 Å². The Kier molecular flexibility index (Phi) is 4.81. The number of carbonyl (C=O) groups excluding carboxylic acids is 1. The molecule has 1 aliphatic heterocycles. The van der Waals surface area contributed by atoms with Gasteiger partial charge in [-0.3, -0.25) is 10.1 Å². The summed E-state index contributed by atoms with van der Waals surface area (Å²) in [5, 5.41) is 13.2. The van der Waals surface area contributed by atoms with Crippen molar-refractivity contribution in [3.8, 4) is 0 Å². The van der Waals surface area contributed by atoms with Crippen LogP contribution in [0.5, 0.6) is 0 Å². The van der Waals surface area contributed by atoms with Crippen LogP contribution in [0.15, 0.2) is 17.0 Å². The Bertz CT molecular complexity index is 904. The number of rotatable bonds is 2. The predicted molar refractivity (Wildman–Crippen MR) is 77.9 cm³/mol. The number of tetrazole rings is 1. The fraction of sp³-hybridized carbons (Fsp3) is 0.231. The summed E-state index contributed by atoms with van der Waals surface area (Å²) < 4.78 is 25.7. The molecule has 3 rings (SSSR count). The van der Waals surface area contributed by atoms with Gasteiger partial charge in [0.25, 0.3) is 0 Å². The van der Waals surface area contributed by atoms with Gasteiger partial charge in [0.05, 0.1) is 5.75 Å². The number of amides is 1. The van der Waals surface area contributed by atoms with Crippen LogP contribution in [0.2, 0.25) is 0 Å². The van der Waals surface area contributed by atoms with Crippen molar-refractivity contribution < 1.29 is 34.3 Å². The second-order valence-electron chi connectivity index (χ2n) is 4.83. The summed E-state index contributed by atoms with van der Waals surface area (Å²) in [5.41, 5.74) is 1.09. The topological polar surface area (TPSA) is 107 Å². The van der Waals surface area contributed by atoms with E-state index in [0.29, 0.717) is 11.1 Å². The molecule has 1 aromatic heterocycles. The standard InChI is InChI=1S/C13H12N5O3S.W/c1-8-10(12(19)14-13-15-16-17-18(13)2)6-5-9-4-3-7-22(20,21)11(8)9;/h3-4,6H,7H2,1-2H3,(H,14,15,17,19);/q-1;. The molecule has 0 aliphatic carbocycles. The zero-order chi connectivity index (χ0) is 15.9. The molecule has 1 amide bonds. The van der Waals surface area contributed by atoms with Crippen LogP contribution < -0.4 is 5.32 Å². The Morgan fingerprint density at radius 3 is 2.83 bits per heavy atom. The predicted octanol–water partition coefficient (Wildman–Crippen LogP) is 0.369. The second kappa shape index (κ2) is 6.33.